The SMILES string of the molecule is CC(=O)c1ccccc1NC(=O)COC(=O)c1ccccc1NC(=O)Cc1ccccc1. The van der Waals surface area contributed by atoms with E-state index in [1.807, 2.05) is 30.3 Å². The van der Waals surface area contributed by atoms with Gasteiger partial charge in [-0.1, -0.05) is 54.6 Å². The zero-order valence-electron chi connectivity index (χ0n) is 17.5. The molecule has 0 spiro atoms. The van der Waals surface area contributed by atoms with Crippen LogP contribution in [0, 0.1) is 0 Å². The summed E-state index contributed by atoms with van der Waals surface area (Å²) in [5.41, 5.74) is 1.97. The zero-order valence-corrected chi connectivity index (χ0v) is 17.5. The van der Waals surface area contributed by atoms with Crippen LogP contribution in [0.2, 0.25) is 0 Å². The van der Waals surface area contributed by atoms with Crippen LogP contribution in [-0.2, 0) is 20.7 Å². The fraction of sp³-hybridized carbons (Fsp3) is 0.120. The van der Waals surface area contributed by atoms with Gasteiger partial charge in [0.25, 0.3) is 5.91 Å². The third kappa shape index (κ3) is 6.12. The van der Waals surface area contributed by atoms with Crippen LogP contribution < -0.4 is 10.6 Å². The first-order valence-electron chi connectivity index (χ1n) is 9.94. The van der Waals surface area contributed by atoms with E-state index in [1.165, 1.54) is 13.0 Å². The van der Waals surface area contributed by atoms with E-state index in [4.69, 9.17) is 4.74 Å². The summed E-state index contributed by atoms with van der Waals surface area (Å²) in [6.07, 6.45) is 0.155. The normalized spacial score (nSPS) is 10.2. The first kappa shape index (κ1) is 22.4. The topological polar surface area (TPSA) is 102 Å². The molecule has 162 valence electrons. The van der Waals surface area contributed by atoms with Crippen LogP contribution in [0.1, 0.15) is 33.2 Å². The van der Waals surface area contributed by atoms with E-state index in [0.29, 0.717) is 16.9 Å². The van der Waals surface area contributed by atoms with Crippen LogP contribution >= 0.6 is 0 Å². The van der Waals surface area contributed by atoms with Crippen molar-refractivity contribution in [1.82, 2.24) is 0 Å². The smallest absolute Gasteiger partial charge is 0.340 e. The van der Waals surface area contributed by atoms with Gasteiger partial charge in [-0.2, -0.15) is 0 Å². The summed E-state index contributed by atoms with van der Waals surface area (Å²) in [7, 11) is 0. The molecule has 0 aromatic heterocycles. The highest BCUT2D eigenvalue weighted by molar-refractivity contribution is 6.05. The number of esters is 1. The minimum Gasteiger partial charge on any atom is -0.452 e. The summed E-state index contributed by atoms with van der Waals surface area (Å²) >= 11 is 0. The Morgan fingerprint density at radius 2 is 1.22 bits per heavy atom. The largest absolute Gasteiger partial charge is 0.452 e. The molecular weight excluding hydrogens is 408 g/mol. The molecule has 32 heavy (non-hydrogen) atoms. The average Bonchev–Trinajstić information content (AvgIpc) is 2.78. The van der Waals surface area contributed by atoms with Crippen LogP contribution in [0.3, 0.4) is 0 Å². The molecule has 0 atom stereocenters. The second-order valence-electron chi connectivity index (χ2n) is 6.98. The Hall–Kier alpha value is -4.26. The standard InChI is InChI=1S/C25H22N2O5/c1-17(28)19-11-5-7-13-21(19)27-24(30)16-32-25(31)20-12-6-8-14-22(20)26-23(29)15-18-9-3-2-4-10-18/h2-14H,15-16H2,1H3,(H,26,29)(H,27,30). The van der Waals surface area contributed by atoms with Crippen molar-refractivity contribution in [3.63, 3.8) is 0 Å². The summed E-state index contributed by atoms with van der Waals surface area (Å²) in [4.78, 5) is 48.8. The van der Waals surface area contributed by atoms with Gasteiger partial charge in [-0.25, -0.2) is 4.79 Å². The lowest BCUT2D eigenvalue weighted by Gasteiger charge is -2.12. The van der Waals surface area contributed by atoms with Crippen molar-refractivity contribution in [2.24, 2.45) is 0 Å². The Labute approximate surface area is 185 Å². The fourth-order valence-corrected chi connectivity index (χ4v) is 3.04. The molecule has 7 nitrogen and oxygen atoms in total. The maximum atomic E-state index is 12.5. The van der Waals surface area contributed by atoms with Crippen LogP contribution in [0.15, 0.2) is 78.9 Å². The van der Waals surface area contributed by atoms with Gasteiger partial charge in [0.1, 0.15) is 0 Å². The number of rotatable bonds is 8. The van der Waals surface area contributed by atoms with E-state index in [1.54, 1.807) is 42.5 Å². The van der Waals surface area contributed by atoms with Crippen molar-refractivity contribution in [2.45, 2.75) is 13.3 Å². The fourth-order valence-electron chi connectivity index (χ4n) is 3.04. The van der Waals surface area contributed by atoms with Gasteiger partial charge >= 0.3 is 5.97 Å². The molecule has 0 saturated heterocycles. The number of hydrogen-bond acceptors (Lipinski definition) is 5. The van der Waals surface area contributed by atoms with Crippen LogP contribution in [-0.4, -0.2) is 30.2 Å². The van der Waals surface area contributed by atoms with Gasteiger partial charge in [-0.15, -0.1) is 0 Å². The summed E-state index contributed by atoms with van der Waals surface area (Å²) < 4.78 is 5.12. The maximum Gasteiger partial charge on any atom is 0.340 e. The summed E-state index contributed by atoms with van der Waals surface area (Å²) in [5, 5.41) is 5.28. The number of benzene rings is 3. The van der Waals surface area contributed by atoms with Crippen LogP contribution in [0.25, 0.3) is 0 Å². The molecule has 0 fully saturated rings. The highest BCUT2D eigenvalue weighted by Gasteiger charge is 2.17. The van der Waals surface area contributed by atoms with Gasteiger partial charge in [0.2, 0.25) is 5.91 Å². The third-order valence-electron chi connectivity index (χ3n) is 4.54. The highest BCUT2D eigenvalue weighted by Crippen LogP contribution is 2.18. The number of amides is 2. The molecule has 3 aromatic rings. The zero-order chi connectivity index (χ0) is 22.9. The van der Waals surface area contributed by atoms with Crippen LogP contribution in [0.4, 0.5) is 11.4 Å². The van der Waals surface area contributed by atoms with E-state index in [9.17, 15) is 19.2 Å². The molecule has 0 aliphatic heterocycles. The molecule has 2 amide bonds. The first-order valence-corrected chi connectivity index (χ1v) is 9.94. The molecule has 3 aromatic carbocycles. The molecule has 7 heteroatoms. The number of Topliss-reactive ketones (excluding diaryl/α,β-unsaturated/α-hetero) is 1. The predicted octanol–water partition coefficient (Wildman–Crippen LogP) is 3.87. The van der Waals surface area contributed by atoms with Gasteiger partial charge in [0.05, 0.1) is 23.4 Å². The predicted molar refractivity (Wildman–Crippen MR) is 121 cm³/mol. The number of ketones is 1. The van der Waals surface area contributed by atoms with Crippen molar-refractivity contribution < 1.29 is 23.9 Å². The molecule has 0 aliphatic rings. The lowest BCUT2D eigenvalue weighted by Crippen LogP contribution is -2.23. The van der Waals surface area contributed by atoms with Gasteiger partial charge < -0.3 is 15.4 Å². The molecule has 0 aliphatic carbocycles. The van der Waals surface area contributed by atoms with Gasteiger partial charge in [-0.05, 0) is 36.8 Å². The summed E-state index contributed by atoms with van der Waals surface area (Å²) in [6, 6.07) is 22.2. The molecular formula is C25H22N2O5. The van der Waals surface area contributed by atoms with E-state index < -0.39 is 18.5 Å². The molecule has 0 radical (unpaired) electrons. The van der Waals surface area contributed by atoms with Crippen molar-refractivity contribution in [3.05, 3.63) is 95.6 Å². The Morgan fingerprint density at radius 3 is 1.88 bits per heavy atom. The Morgan fingerprint density at radius 1 is 0.688 bits per heavy atom. The second kappa shape index (κ2) is 10.7. The van der Waals surface area contributed by atoms with Crippen molar-refractivity contribution in [1.29, 1.82) is 0 Å². The number of anilines is 2. The van der Waals surface area contributed by atoms with E-state index in [-0.39, 0.29) is 23.7 Å². The monoisotopic (exact) mass is 430 g/mol. The summed E-state index contributed by atoms with van der Waals surface area (Å²) in [5.74, 6) is -1.82. The molecule has 0 bridgehead atoms. The van der Waals surface area contributed by atoms with Crippen molar-refractivity contribution in [3.8, 4) is 0 Å². The average molecular weight is 430 g/mol. The van der Waals surface area contributed by atoms with Crippen molar-refractivity contribution >= 4 is 34.9 Å². The van der Waals surface area contributed by atoms with Crippen LogP contribution in [0.5, 0.6) is 0 Å². The molecule has 0 unspecified atom stereocenters. The number of ether oxygens (including phenoxy) is 1. The van der Waals surface area contributed by atoms with Gasteiger partial charge in [0.15, 0.2) is 12.4 Å². The molecule has 3 rings (SSSR count). The minimum atomic E-state index is -0.754. The minimum absolute atomic E-state index is 0.130. The second-order valence-corrected chi connectivity index (χ2v) is 6.98. The quantitative estimate of drug-likeness (QED) is 0.417. The third-order valence-corrected chi connectivity index (χ3v) is 4.54. The number of carbonyl (C=O) groups excluding carboxylic acids is 4. The van der Waals surface area contributed by atoms with Gasteiger partial charge in [0, 0.05) is 5.56 Å². The number of carbonyl (C=O) groups is 4. The van der Waals surface area contributed by atoms with E-state index in [2.05, 4.69) is 10.6 Å². The lowest BCUT2D eigenvalue weighted by atomic mass is 10.1. The van der Waals surface area contributed by atoms with E-state index in [0.717, 1.165) is 5.56 Å². The lowest BCUT2D eigenvalue weighted by molar-refractivity contribution is -0.119. The molecule has 0 heterocycles. The molecule has 2 N–H and O–H groups in total. The number of para-hydroxylation sites is 2. The first-order chi connectivity index (χ1) is 15.4. The summed E-state index contributed by atoms with van der Waals surface area (Å²) in [6.45, 7) is 0.853. The van der Waals surface area contributed by atoms with Crippen molar-refractivity contribution in [2.75, 3.05) is 17.2 Å². The Bertz CT molecular complexity index is 1140. The highest BCUT2D eigenvalue weighted by atomic mass is 16.5. The van der Waals surface area contributed by atoms with Gasteiger partial charge in [-0.3, -0.25) is 14.4 Å². The molecule has 0 saturated carbocycles. The van der Waals surface area contributed by atoms with E-state index >= 15 is 0 Å². The number of nitrogens with one attached hydrogen (secondary N) is 2. The maximum absolute atomic E-state index is 12.5. The number of hydrogen-bond donors (Lipinski definition) is 2. The Kier molecular flexibility index (Phi) is 7.48. The Balaban J connectivity index is 1.60.